The molecule has 18 nitrogen and oxygen atoms in total. The third kappa shape index (κ3) is 7.62. The number of anilines is 1. The molecule has 0 spiro atoms. The lowest BCUT2D eigenvalue weighted by molar-refractivity contribution is -0.218. The van der Waals surface area contributed by atoms with E-state index in [4.69, 9.17) is 24.9 Å². The summed E-state index contributed by atoms with van der Waals surface area (Å²) in [6.45, 7) is 5.70. The SMILES string of the molecule is CNCCC[C@@H]1CNC(c2ccc3c(c2)CC[C@H]([C@](C)(O/N=C(\C(=O)N[C@@H]2C(=O)N(OS(=O)(=O)O)C2(C)C)c2csc(N)n2)C(=O)O)O3)=N1. The van der Waals surface area contributed by atoms with Crippen molar-refractivity contribution in [1.29, 1.82) is 0 Å². The van der Waals surface area contributed by atoms with Gasteiger partial charge in [-0.25, -0.2) is 9.78 Å². The van der Waals surface area contributed by atoms with Gasteiger partial charge in [-0.15, -0.1) is 15.6 Å². The largest absolute Gasteiger partial charge is 0.485 e. The van der Waals surface area contributed by atoms with Crippen molar-refractivity contribution in [1.82, 2.24) is 26.0 Å². The van der Waals surface area contributed by atoms with Crippen molar-refractivity contribution in [2.75, 3.05) is 25.9 Å². The summed E-state index contributed by atoms with van der Waals surface area (Å²) in [5, 5.41) is 25.0. The molecule has 1 saturated heterocycles. The zero-order chi connectivity index (χ0) is 35.7. The number of hydroxylamine groups is 2. The molecule has 3 aliphatic rings. The number of carbonyl (C=O) groups excluding carboxylic acids is 2. The quantitative estimate of drug-likeness (QED) is 0.0502. The number of hydrogen-bond acceptors (Lipinski definition) is 15. The number of amides is 2. The fourth-order valence-corrected chi connectivity index (χ4v) is 6.67. The molecule has 4 atom stereocenters. The molecule has 266 valence electrons. The molecule has 0 bridgehead atoms. The van der Waals surface area contributed by atoms with Gasteiger partial charge >= 0.3 is 16.4 Å². The lowest BCUT2D eigenvalue weighted by atomic mass is 9.84. The number of aliphatic imine (C=N–C) groups is 1. The van der Waals surface area contributed by atoms with Crippen LogP contribution in [0.15, 0.2) is 33.7 Å². The number of benzene rings is 1. The molecule has 0 aliphatic carbocycles. The standard InChI is InChI=1S/C29H38N8O10S2/c1-28(2)22(25(39)37(28)47-49(42,43)44)35-24(38)21(18-14-48-27(30)34-18)36-46-29(3,26(40)41)20-10-8-15-12-16(7-9-19(15)45-20)23-32-13-17(33-23)6-5-11-31-4/h7,9,12,14,17,20,22,31H,5-6,8,10-11,13H2,1-4H3,(H2,30,34)(H,32,33)(H,35,38)(H,40,41)(H,42,43,44)/b36-21-/t17-,20-,22-,29+/m1/s1. The Bertz CT molecular complexity index is 1800. The number of rotatable bonds is 14. The van der Waals surface area contributed by atoms with Crippen molar-refractivity contribution in [2.45, 2.75) is 75.8 Å². The van der Waals surface area contributed by atoms with Gasteiger partial charge in [-0.2, -0.15) is 13.5 Å². The lowest BCUT2D eigenvalue weighted by Crippen LogP contribution is -2.76. The van der Waals surface area contributed by atoms with Gasteiger partial charge in [0, 0.05) is 17.5 Å². The average molecular weight is 723 g/mol. The first kappa shape index (κ1) is 35.9. The Balaban J connectivity index is 1.33. The van der Waals surface area contributed by atoms with E-state index in [1.807, 2.05) is 19.2 Å². The first-order chi connectivity index (χ1) is 23.0. The van der Waals surface area contributed by atoms with Gasteiger partial charge in [0.2, 0.25) is 0 Å². The van der Waals surface area contributed by atoms with Crippen LogP contribution in [0.3, 0.4) is 0 Å². The van der Waals surface area contributed by atoms with Crippen LogP contribution in [0.1, 0.15) is 56.9 Å². The van der Waals surface area contributed by atoms with Gasteiger partial charge in [0.25, 0.3) is 17.4 Å². The number of amidine groups is 1. The van der Waals surface area contributed by atoms with Crippen molar-refractivity contribution < 1.29 is 46.3 Å². The van der Waals surface area contributed by atoms with E-state index in [-0.39, 0.29) is 23.3 Å². The normalized spacial score (nSPS) is 22.9. The van der Waals surface area contributed by atoms with Crippen molar-refractivity contribution in [3.63, 3.8) is 0 Å². The molecule has 2 amide bonds. The number of thiazole rings is 1. The highest BCUT2D eigenvalue weighted by atomic mass is 32.3. The zero-order valence-corrected chi connectivity index (χ0v) is 28.8. The third-order valence-corrected chi connectivity index (χ3v) is 9.54. The summed E-state index contributed by atoms with van der Waals surface area (Å²) in [7, 11) is -3.10. The number of ether oxygens (including phenoxy) is 1. The number of aliphatic carboxylic acids is 1. The number of nitrogens with one attached hydrogen (secondary N) is 3. The van der Waals surface area contributed by atoms with Crippen LogP contribution in [0.5, 0.6) is 5.75 Å². The molecule has 3 aliphatic heterocycles. The van der Waals surface area contributed by atoms with Crippen LogP contribution in [-0.4, -0.2) is 107 Å². The second kappa shape index (κ2) is 13.9. The molecular formula is C29H38N8O10S2. The highest BCUT2D eigenvalue weighted by Gasteiger charge is 2.58. The number of aryl methyl sites for hydroxylation is 1. The Hall–Kier alpha value is -4.37. The summed E-state index contributed by atoms with van der Waals surface area (Å²) >= 11 is 0.974. The van der Waals surface area contributed by atoms with Crippen LogP contribution in [0, 0.1) is 0 Å². The summed E-state index contributed by atoms with van der Waals surface area (Å²) in [5.74, 6) is -2.14. The number of carboxylic acid groups (broad SMARTS) is 1. The highest BCUT2D eigenvalue weighted by Crippen LogP contribution is 2.35. The molecule has 49 heavy (non-hydrogen) atoms. The van der Waals surface area contributed by atoms with Gasteiger partial charge in [0.05, 0.1) is 11.6 Å². The average Bonchev–Trinajstić information content (AvgIpc) is 3.70. The van der Waals surface area contributed by atoms with E-state index in [0.29, 0.717) is 17.2 Å². The minimum Gasteiger partial charge on any atom is -0.485 e. The lowest BCUT2D eigenvalue weighted by Gasteiger charge is -2.50. The summed E-state index contributed by atoms with van der Waals surface area (Å²) in [5.41, 5.74) is 3.44. The fourth-order valence-electron chi connectivity index (χ4n) is 5.67. The Morgan fingerprint density at radius 2 is 2.10 bits per heavy atom. The number of carboxylic acids is 1. The fraction of sp³-hybridized carbons (Fsp3) is 0.517. The van der Waals surface area contributed by atoms with E-state index in [1.165, 1.54) is 26.2 Å². The minimum absolute atomic E-state index is 0.0685. The van der Waals surface area contributed by atoms with Gasteiger partial charge in [-0.1, -0.05) is 5.16 Å². The van der Waals surface area contributed by atoms with E-state index >= 15 is 0 Å². The Kier molecular flexibility index (Phi) is 10.2. The van der Waals surface area contributed by atoms with Crippen LogP contribution in [0.25, 0.3) is 0 Å². The zero-order valence-electron chi connectivity index (χ0n) is 27.1. The van der Waals surface area contributed by atoms with Crippen LogP contribution < -0.4 is 26.4 Å². The van der Waals surface area contributed by atoms with Crippen LogP contribution in [0.4, 0.5) is 5.13 Å². The summed E-state index contributed by atoms with van der Waals surface area (Å²) < 4.78 is 41.8. The molecule has 1 aromatic heterocycles. The second-order valence-corrected chi connectivity index (χ2v) is 14.3. The van der Waals surface area contributed by atoms with Gasteiger partial charge in [0.15, 0.2) is 16.9 Å². The molecule has 0 saturated carbocycles. The molecule has 5 rings (SSSR count). The number of aromatic nitrogens is 1. The second-order valence-electron chi connectivity index (χ2n) is 12.4. The molecular weight excluding hydrogens is 684 g/mol. The number of nitrogen functional groups attached to an aromatic ring is 1. The summed E-state index contributed by atoms with van der Waals surface area (Å²) in [4.78, 5) is 53.2. The Labute approximate surface area is 286 Å². The molecule has 0 unspecified atom stereocenters. The first-order valence-corrected chi connectivity index (χ1v) is 17.6. The summed E-state index contributed by atoms with van der Waals surface area (Å²) in [6.07, 6.45) is 1.64. The maximum absolute atomic E-state index is 13.5. The van der Waals surface area contributed by atoms with E-state index in [9.17, 15) is 27.9 Å². The minimum atomic E-state index is -5.02. The molecule has 7 N–H and O–H groups in total. The smallest absolute Gasteiger partial charge is 0.418 e. The third-order valence-electron chi connectivity index (χ3n) is 8.53. The highest BCUT2D eigenvalue weighted by molar-refractivity contribution is 7.80. The molecule has 20 heteroatoms. The Morgan fingerprint density at radius 1 is 1.35 bits per heavy atom. The predicted octanol–water partition coefficient (Wildman–Crippen LogP) is 0.241. The first-order valence-electron chi connectivity index (χ1n) is 15.3. The van der Waals surface area contributed by atoms with Gasteiger partial charge in [-0.3, -0.25) is 19.1 Å². The maximum atomic E-state index is 13.5. The van der Waals surface area contributed by atoms with E-state index in [0.717, 1.165) is 54.2 Å². The van der Waals surface area contributed by atoms with Crippen LogP contribution in [0.2, 0.25) is 0 Å². The van der Waals surface area contributed by atoms with Crippen molar-refractivity contribution >= 4 is 56.2 Å². The van der Waals surface area contributed by atoms with E-state index in [2.05, 4.69) is 30.4 Å². The van der Waals surface area contributed by atoms with Crippen LogP contribution in [-0.2, 0) is 40.3 Å². The topological polar surface area (TPSA) is 256 Å². The molecule has 4 heterocycles. The molecule has 2 aromatic rings. The molecule has 1 aromatic carbocycles. The van der Waals surface area contributed by atoms with Gasteiger partial charge in [0.1, 0.15) is 23.3 Å². The number of hydrogen-bond donors (Lipinski definition) is 6. The van der Waals surface area contributed by atoms with Gasteiger partial charge in [-0.05, 0) is 83.8 Å². The number of nitrogens with zero attached hydrogens (tertiary/aromatic N) is 4. The maximum Gasteiger partial charge on any atom is 0.418 e. The summed E-state index contributed by atoms with van der Waals surface area (Å²) in [6, 6.07) is 4.43. The van der Waals surface area contributed by atoms with Crippen molar-refractivity contribution in [3.05, 3.63) is 40.4 Å². The van der Waals surface area contributed by atoms with Crippen molar-refractivity contribution in [3.8, 4) is 5.75 Å². The Morgan fingerprint density at radius 3 is 2.73 bits per heavy atom. The number of oxime groups is 1. The molecule has 1 fully saturated rings. The van der Waals surface area contributed by atoms with Gasteiger partial charge < -0.3 is 36.4 Å². The molecule has 0 radical (unpaired) electrons. The monoisotopic (exact) mass is 722 g/mol. The number of nitrogens with two attached hydrogens (primary N) is 1. The van der Waals surface area contributed by atoms with E-state index < -0.39 is 57.2 Å². The van der Waals surface area contributed by atoms with E-state index in [1.54, 1.807) is 6.07 Å². The predicted molar refractivity (Wildman–Crippen MR) is 176 cm³/mol. The number of fused-ring (bicyclic) bond motifs is 1. The van der Waals surface area contributed by atoms with Crippen LogP contribution >= 0.6 is 11.3 Å². The number of carbonyl (C=O) groups is 3. The van der Waals surface area contributed by atoms with Crippen molar-refractivity contribution in [2.24, 2.45) is 10.1 Å². The number of β-lactam (4-membered cyclic amide) rings is 1.